The van der Waals surface area contributed by atoms with E-state index in [0.717, 1.165) is 13.1 Å². The van der Waals surface area contributed by atoms with Gasteiger partial charge in [-0.25, -0.2) is 0 Å². The molecule has 0 saturated heterocycles. The first-order valence-corrected chi connectivity index (χ1v) is 5.23. The molecule has 0 amide bonds. The first-order chi connectivity index (χ1) is 5.91. The van der Waals surface area contributed by atoms with E-state index in [9.17, 15) is 0 Å². The molecule has 0 aromatic heterocycles. The molecule has 0 aromatic rings. The standard InChI is InChI=1S/C10H23NO.BrH/c1-2-3-4-5-6-7-8-11-9-10-12;/h11-12H,2-10H2,1H3;1H. The highest BCUT2D eigenvalue weighted by atomic mass is 79.9. The summed E-state index contributed by atoms with van der Waals surface area (Å²) in [6, 6.07) is 0. The van der Waals surface area contributed by atoms with Gasteiger partial charge in [-0.15, -0.1) is 17.0 Å². The van der Waals surface area contributed by atoms with E-state index in [1.54, 1.807) is 0 Å². The van der Waals surface area contributed by atoms with Crippen LogP contribution in [-0.4, -0.2) is 24.8 Å². The number of hydrogen-bond donors (Lipinski definition) is 2. The summed E-state index contributed by atoms with van der Waals surface area (Å²) in [5.41, 5.74) is 0. The van der Waals surface area contributed by atoms with Crippen LogP contribution in [-0.2, 0) is 0 Å². The summed E-state index contributed by atoms with van der Waals surface area (Å²) in [7, 11) is 0. The summed E-state index contributed by atoms with van der Waals surface area (Å²) >= 11 is 0. The van der Waals surface area contributed by atoms with E-state index >= 15 is 0 Å². The van der Waals surface area contributed by atoms with Gasteiger partial charge < -0.3 is 10.4 Å². The topological polar surface area (TPSA) is 32.3 Å². The van der Waals surface area contributed by atoms with Crippen molar-refractivity contribution < 1.29 is 5.11 Å². The SMILES string of the molecule is Br.CCCCCCCCNCCO. The number of halogens is 1. The maximum atomic E-state index is 8.48. The predicted octanol–water partition coefficient (Wildman–Crippen LogP) is 2.51. The Hall–Kier alpha value is 0.400. The summed E-state index contributed by atoms with van der Waals surface area (Å²) in [5.74, 6) is 0. The Morgan fingerprint density at radius 1 is 0.923 bits per heavy atom. The van der Waals surface area contributed by atoms with E-state index in [-0.39, 0.29) is 23.6 Å². The molecule has 0 aliphatic carbocycles. The van der Waals surface area contributed by atoms with E-state index < -0.39 is 0 Å². The van der Waals surface area contributed by atoms with Gasteiger partial charge >= 0.3 is 0 Å². The molecule has 2 N–H and O–H groups in total. The second kappa shape index (κ2) is 14.9. The molecule has 0 radical (unpaired) electrons. The number of aliphatic hydroxyl groups excluding tert-OH is 1. The number of aliphatic hydroxyl groups is 1. The zero-order valence-electron chi connectivity index (χ0n) is 8.72. The maximum absolute atomic E-state index is 8.48. The molecule has 0 aliphatic rings. The highest BCUT2D eigenvalue weighted by Crippen LogP contribution is 2.03. The van der Waals surface area contributed by atoms with Crippen molar-refractivity contribution in [1.29, 1.82) is 0 Å². The number of unbranched alkanes of at least 4 members (excludes halogenated alkanes) is 5. The Kier molecular flexibility index (Phi) is 18.2. The fourth-order valence-electron chi connectivity index (χ4n) is 1.23. The molecule has 0 fully saturated rings. The van der Waals surface area contributed by atoms with Crippen LogP contribution in [0, 0.1) is 0 Å². The van der Waals surface area contributed by atoms with Crippen molar-refractivity contribution in [3.05, 3.63) is 0 Å². The van der Waals surface area contributed by atoms with Gasteiger partial charge in [0.05, 0.1) is 6.61 Å². The molecular weight excluding hydrogens is 230 g/mol. The van der Waals surface area contributed by atoms with E-state index in [1.807, 2.05) is 0 Å². The fraction of sp³-hybridized carbons (Fsp3) is 1.00. The fourth-order valence-corrected chi connectivity index (χ4v) is 1.23. The van der Waals surface area contributed by atoms with Crippen LogP contribution in [0.5, 0.6) is 0 Å². The Morgan fingerprint density at radius 2 is 1.54 bits per heavy atom. The summed E-state index contributed by atoms with van der Waals surface area (Å²) < 4.78 is 0. The molecule has 0 atom stereocenters. The summed E-state index contributed by atoms with van der Waals surface area (Å²) in [6.07, 6.45) is 8.04. The molecule has 82 valence electrons. The third kappa shape index (κ3) is 15.2. The Labute approximate surface area is 92.9 Å². The quantitative estimate of drug-likeness (QED) is 0.620. The minimum absolute atomic E-state index is 0. The second-order valence-corrected chi connectivity index (χ2v) is 3.24. The largest absolute Gasteiger partial charge is 0.395 e. The first kappa shape index (κ1) is 15.9. The van der Waals surface area contributed by atoms with Crippen molar-refractivity contribution >= 4 is 17.0 Å². The van der Waals surface area contributed by atoms with Crippen LogP contribution in [0.25, 0.3) is 0 Å². The van der Waals surface area contributed by atoms with Crippen LogP contribution in [0.2, 0.25) is 0 Å². The molecular formula is C10H24BrNO. The third-order valence-electron chi connectivity index (χ3n) is 2.00. The van der Waals surface area contributed by atoms with E-state index in [1.165, 1.54) is 38.5 Å². The minimum Gasteiger partial charge on any atom is -0.395 e. The van der Waals surface area contributed by atoms with E-state index in [4.69, 9.17) is 5.11 Å². The van der Waals surface area contributed by atoms with Crippen molar-refractivity contribution in [2.75, 3.05) is 19.7 Å². The van der Waals surface area contributed by atoms with Crippen LogP contribution in [0.4, 0.5) is 0 Å². The van der Waals surface area contributed by atoms with Gasteiger partial charge in [0.25, 0.3) is 0 Å². The lowest BCUT2D eigenvalue weighted by Gasteiger charge is -2.01. The van der Waals surface area contributed by atoms with Gasteiger partial charge in [-0.3, -0.25) is 0 Å². The van der Waals surface area contributed by atoms with Crippen molar-refractivity contribution in [3.8, 4) is 0 Å². The molecule has 0 aromatic carbocycles. The maximum Gasteiger partial charge on any atom is 0.0555 e. The highest BCUT2D eigenvalue weighted by molar-refractivity contribution is 8.93. The molecule has 3 heteroatoms. The predicted molar refractivity (Wildman–Crippen MR) is 63.7 cm³/mol. The summed E-state index contributed by atoms with van der Waals surface area (Å²) in [4.78, 5) is 0. The van der Waals surface area contributed by atoms with E-state index in [0.29, 0.717) is 0 Å². The van der Waals surface area contributed by atoms with Crippen molar-refractivity contribution in [3.63, 3.8) is 0 Å². The molecule has 0 heterocycles. The van der Waals surface area contributed by atoms with Crippen LogP contribution < -0.4 is 5.32 Å². The van der Waals surface area contributed by atoms with Gasteiger partial charge in [0.15, 0.2) is 0 Å². The first-order valence-electron chi connectivity index (χ1n) is 5.23. The van der Waals surface area contributed by atoms with Crippen LogP contribution >= 0.6 is 17.0 Å². The lowest BCUT2D eigenvalue weighted by Crippen LogP contribution is -2.19. The number of hydrogen-bond acceptors (Lipinski definition) is 2. The number of nitrogens with one attached hydrogen (secondary N) is 1. The van der Waals surface area contributed by atoms with Crippen molar-refractivity contribution in [1.82, 2.24) is 5.32 Å². The Bertz CT molecular complexity index is 71.3. The number of rotatable bonds is 9. The lowest BCUT2D eigenvalue weighted by atomic mass is 10.1. The third-order valence-corrected chi connectivity index (χ3v) is 2.00. The molecule has 0 spiro atoms. The Balaban J connectivity index is 0. The average molecular weight is 254 g/mol. The van der Waals surface area contributed by atoms with Crippen LogP contribution in [0.1, 0.15) is 45.4 Å². The zero-order valence-corrected chi connectivity index (χ0v) is 10.4. The molecule has 0 rings (SSSR count). The van der Waals surface area contributed by atoms with E-state index in [2.05, 4.69) is 12.2 Å². The molecule has 13 heavy (non-hydrogen) atoms. The van der Waals surface area contributed by atoms with Crippen molar-refractivity contribution in [2.45, 2.75) is 45.4 Å². The van der Waals surface area contributed by atoms with Gasteiger partial charge in [-0.05, 0) is 13.0 Å². The summed E-state index contributed by atoms with van der Waals surface area (Å²) in [6.45, 7) is 4.31. The van der Waals surface area contributed by atoms with Crippen LogP contribution in [0.15, 0.2) is 0 Å². The second-order valence-electron chi connectivity index (χ2n) is 3.24. The van der Waals surface area contributed by atoms with Gasteiger partial charge in [-0.2, -0.15) is 0 Å². The molecule has 0 aliphatic heterocycles. The average Bonchev–Trinajstić information content (AvgIpc) is 2.10. The summed E-state index contributed by atoms with van der Waals surface area (Å²) in [5, 5.41) is 11.7. The van der Waals surface area contributed by atoms with Gasteiger partial charge in [-0.1, -0.05) is 39.0 Å². The molecule has 0 unspecified atom stereocenters. The van der Waals surface area contributed by atoms with Gasteiger partial charge in [0.1, 0.15) is 0 Å². The Morgan fingerprint density at radius 3 is 2.15 bits per heavy atom. The molecule has 2 nitrogen and oxygen atoms in total. The minimum atomic E-state index is 0. The van der Waals surface area contributed by atoms with Gasteiger partial charge in [0, 0.05) is 6.54 Å². The zero-order chi connectivity index (χ0) is 9.07. The van der Waals surface area contributed by atoms with Crippen molar-refractivity contribution in [2.24, 2.45) is 0 Å². The normalized spacial score (nSPS) is 9.69. The van der Waals surface area contributed by atoms with Gasteiger partial charge in [0.2, 0.25) is 0 Å². The molecule has 0 saturated carbocycles. The van der Waals surface area contributed by atoms with Crippen LogP contribution in [0.3, 0.4) is 0 Å². The monoisotopic (exact) mass is 253 g/mol. The highest BCUT2D eigenvalue weighted by Gasteiger charge is 1.89. The smallest absolute Gasteiger partial charge is 0.0555 e. The molecule has 0 bridgehead atoms. The lowest BCUT2D eigenvalue weighted by molar-refractivity contribution is 0.292.